The molecule has 0 aromatic heterocycles. The summed E-state index contributed by atoms with van der Waals surface area (Å²) >= 11 is 0. The predicted octanol–water partition coefficient (Wildman–Crippen LogP) is 21.3. The molecule has 80 heavy (non-hydrogen) atoms. The van der Waals surface area contributed by atoms with Crippen molar-refractivity contribution in [3.8, 4) is 44.5 Å². The second kappa shape index (κ2) is 16.3. The fourth-order valence-corrected chi connectivity index (χ4v) is 15.0. The maximum absolute atomic E-state index is 2.55. The van der Waals surface area contributed by atoms with Crippen LogP contribution < -0.4 is 9.80 Å². The maximum Gasteiger partial charge on any atom is 0.0509 e. The number of fused-ring (bicyclic) bond motifs is 13. The van der Waals surface area contributed by atoms with Gasteiger partial charge in [-0.1, -0.05) is 207 Å². The summed E-state index contributed by atoms with van der Waals surface area (Å²) in [4.78, 5) is 5.03. The molecule has 16 rings (SSSR count). The first-order valence-corrected chi connectivity index (χ1v) is 28.6. The quantitative estimate of drug-likeness (QED) is 0.173. The van der Waals surface area contributed by atoms with E-state index in [1.54, 1.807) is 0 Å². The third kappa shape index (κ3) is 6.54. The molecule has 0 N–H and O–H groups in total. The summed E-state index contributed by atoms with van der Waals surface area (Å²) in [7, 11) is 0. The third-order valence-corrected chi connectivity index (χ3v) is 19.5. The van der Waals surface area contributed by atoms with Crippen molar-refractivity contribution in [1.29, 1.82) is 0 Å². The molecule has 0 unspecified atom stereocenters. The molecule has 2 nitrogen and oxygen atoms in total. The molecule has 0 radical (unpaired) electrons. The number of hydrogen-bond acceptors (Lipinski definition) is 2. The number of nitrogens with zero attached hydrogens (tertiary/aromatic N) is 2. The molecular formula is C78H62N2. The van der Waals surface area contributed by atoms with Gasteiger partial charge in [-0.2, -0.15) is 0 Å². The molecule has 0 spiro atoms. The highest BCUT2D eigenvalue weighted by atomic mass is 15.2. The summed E-state index contributed by atoms with van der Waals surface area (Å²) in [6.07, 6.45) is 0. The normalized spacial score (nSPS) is 16.1. The van der Waals surface area contributed by atoms with E-state index in [0.717, 1.165) is 0 Å². The minimum Gasteiger partial charge on any atom is -0.310 e. The lowest BCUT2D eigenvalue weighted by molar-refractivity contribution is 0.620. The van der Waals surface area contributed by atoms with E-state index >= 15 is 0 Å². The largest absolute Gasteiger partial charge is 0.310 e. The molecule has 0 atom stereocenters. The lowest BCUT2D eigenvalue weighted by Gasteiger charge is -2.43. The summed E-state index contributed by atoms with van der Waals surface area (Å²) in [6.45, 7) is 19.3. The lowest BCUT2D eigenvalue weighted by Crippen LogP contribution is -2.31. The van der Waals surface area contributed by atoms with Crippen molar-refractivity contribution in [3.63, 3.8) is 0 Å². The van der Waals surface area contributed by atoms with Gasteiger partial charge in [0.25, 0.3) is 0 Å². The van der Waals surface area contributed by atoms with Gasteiger partial charge in [0.15, 0.2) is 0 Å². The molecule has 12 aromatic carbocycles. The van der Waals surface area contributed by atoms with Crippen molar-refractivity contribution in [3.05, 3.63) is 275 Å². The van der Waals surface area contributed by atoms with Gasteiger partial charge in [-0.15, -0.1) is 0 Å². The average Bonchev–Trinajstić information content (AvgIpc) is 3.68. The van der Waals surface area contributed by atoms with E-state index in [2.05, 4.69) is 296 Å². The van der Waals surface area contributed by atoms with Gasteiger partial charge in [-0.25, -0.2) is 0 Å². The van der Waals surface area contributed by atoms with Crippen LogP contribution in [0.5, 0.6) is 0 Å². The fraction of sp³-hybridized carbons (Fsp3) is 0.154. The fourth-order valence-electron chi connectivity index (χ4n) is 15.0. The number of benzene rings is 12. The Labute approximate surface area is 470 Å². The van der Waals surface area contributed by atoms with Gasteiger partial charge >= 0.3 is 0 Å². The monoisotopic (exact) mass is 1030 g/mol. The van der Waals surface area contributed by atoms with Gasteiger partial charge in [-0.3, -0.25) is 0 Å². The molecule has 0 amide bonds. The van der Waals surface area contributed by atoms with E-state index in [-0.39, 0.29) is 21.7 Å². The van der Waals surface area contributed by atoms with E-state index < -0.39 is 0 Å². The predicted molar refractivity (Wildman–Crippen MR) is 339 cm³/mol. The van der Waals surface area contributed by atoms with Crippen LogP contribution in [-0.2, 0) is 21.7 Å². The summed E-state index contributed by atoms with van der Waals surface area (Å²) in [5.41, 5.74) is 27.9. The molecule has 2 heteroatoms. The molecule has 0 saturated carbocycles. The van der Waals surface area contributed by atoms with Crippen LogP contribution in [0.25, 0.3) is 76.8 Å². The number of anilines is 6. The van der Waals surface area contributed by atoms with Crippen molar-refractivity contribution in [2.75, 3.05) is 9.80 Å². The van der Waals surface area contributed by atoms with E-state index in [1.165, 1.54) is 155 Å². The Bertz CT molecular complexity index is 4680. The highest BCUT2D eigenvalue weighted by molar-refractivity contribution is 5.99. The molecule has 2 heterocycles. The van der Waals surface area contributed by atoms with Gasteiger partial charge in [-0.05, 0) is 200 Å². The van der Waals surface area contributed by atoms with Gasteiger partial charge < -0.3 is 9.80 Å². The maximum atomic E-state index is 2.55. The highest BCUT2D eigenvalue weighted by Crippen LogP contribution is 2.60. The average molecular weight is 1030 g/mol. The summed E-state index contributed by atoms with van der Waals surface area (Å²) < 4.78 is 0. The van der Waals surface area contributed by atoms with Crippen LogP contribution in [0.2, 0.25) is 0 Å². The minimum atomic E-state index is -0.205. The second-order valence-corrected chi connectivity index (χ2v) is 25.4. The Morgan fingerprint density at radius 2 is 0.562 bits per heavy atom. The van der Waals surface area contributed by atoms with Gasteiger partial charge in [0.1, 0.15) is 0 Å². The van der Waals surface area contributed by atoms with Gasteiger partial charge in [0, 0.05) is 33.0 Å². The molecule has 4 aliphatic rings. The smallest absolute Gasteiger partial charge is 0.0509 e. The van der Waals surface area contributed by atoms with Crippen molar-refractivity contribution in [1.82, 2.24) is 0 Å². The first-order chi connectivity index (χ1) is 38.6. The molecule has 12 aromatic rings. The summed E-state index contributed by atoms with van der Waals surface area (Å²) in [5, 5.41) is 7.50. The number of rotatable bonds is 4. The molecule has 2 aliphatic heterocycles. The Morgan fingerprint density at radius 3 is 1.07 bits per heavy atom. The molecule has 2 aliphatic carbocycles. The van der Waals surface area contributed by atoms with Crippen molar-refractivity contribution < 1.29 is 0 Å². The van der Waals surface area contributed by atoms with E-state index in [9.17, 15) is 0 Å². The molecule has 0 bridgehead atoms. The number of para-hydroxylation sites is 2. The zero-order valence-corrected chi connectivity index (χ0v) is 46.8. The number of hydrogen-bond donors (Lipinski definition) is 0. The van der Waals surface area contributed by atoms with E-state index in [0.29, 0.717) is 0 Å². The molecule has 384 valence electrons. The summed E-state index contributed by atoms with van der Waals surface area (Å²) in [5.74, 6) is 0. The topological polar surface area (TPSA) is 6.48 Å². The van der Waals surface area contributed by atoms with Crippen LogP contribution in [0, 0.1) is 0 Å². The Morgan fingerprint density at radius 1 is 0.212 bits per heavy atom. The van der Waals surface area contributed by atoms with Gasteiger partial charge in [0.05, 0.1) is 22.7 Å². The summed E-state index contributed by atoms with van der Waals surface area (Å²) in [6, 6.07) is 87.9. The highest BCUT2D eigenvalue weighted by Gasteiger charge is 2.45. The SMILES string of the molecule is CC1(C)c2cc(-c3ccc4cc(-c5ccc6c(c5)C(C)(C)c5cc7c(cc5-6)N(c5ccc6ccccc6c5)c5ccccc5C7(C)C)ccc4c3)ccc2-c2cc3c(cc21)N(c1ccc2ccccc2c1)c1ccccc1C3(C)C. The Hall–Kier alpha value is -8.98. The van der Waals surface area contributed by atoms with Crippen LogP contribution in [0.1, 0.15) is 99.9 Å². The van der Waals surface area contributed by atoms with Crippen molar-refractivity contribution in [2.24, 2.45) is 0 Å². The Balaban J connectivity index is 0.733. The molecule has 0 fully saturated rings. The first kappa shape index (κ1) is 47.1. The molecule has 0 saturated heterocycles. The van der Waals surface area contributed by atoms with Gasteiger partial charge in [0.2, 0.25) is 0 Å². The van der Waals surface area contributed by atoms with Crippen LogP contribution in [0.3, 0.4) is 0 Å². The zero-order valence-electron chi connectivity index (χ0n) is 46.8. The molecular weight excluding hydrogens is 965 g/mol. The second-order valence-electron chi connectivity index (χ2n) is 25.4. The standard InChI is InChI=1S/C78H62N2/c1-75(2)63-21-13-16-24-72(63)80(58-34-30-48-18-10-12-20-50(48)40-58)74-46-68-61(43-69(74)75)59-35-31-55(41-65(59)78(68,7)8)53-27-25-52-38-54(28-26-51(52)37-53)56-32-36-60-62-44-73-70(45-67(62)77(5,6)66(60)42-56)76(3,4)64-22-14-15-23-71(64)79(73)57-33-29-47-17-9-11-19-49(47)39-57/h9-46H,1-8H3. The van der Waals surface area contributed by atoms with Crippen molar-refractivity contribution in [2.45, 2.75) is 77.0 Å². The zero-order chi connectivity index (χ0) is 54.2. The Kier molecular flexibility index (Phi) is 9.59. The van der Waals surface area contributed by atoms with Crippen LogP contribution >= 0.6 is 0 Å². The van der Waals surface area contributed by atoms with E-state index in [1.807, 2.05) is 0 Å². The minimum absolute atomic E-state index is 0.186. The third-order valence-electron chi connectivity index (χ3n) is 19.5. The van der Waals surface area contributed by atoms with Crippen LogP contribution in [0.4, 0.5) is 34.1 Å². The van der Waals surface area contributed by atoms with Crippen LogP contribution in [0.15, 0.2) is 231 Å². The van der Waals surface area contributed by atoms with E-state index in [4.69, 9.17) is 0 Å². The van der Waals surface area contributed by atoms with Crippen molar-refractivity contribution >= 4 is 66.4 Å². The lowest BCUT2D eigenvalue weighted by atomic mass is 9.71. The first-order valence-electron chi connectivity index (χ1n) is 28.6. The van der Waals surface area contributed by atoms with Crippen LogP contribution in [-0.4, -0.2) is 0 Å².